The Morgan fingerprint density at radius 1 is 1.38 bits per heavy atom. The molecule has 1 unspecified atom stereocenters. The van der Waals surface area contributed by atoms with Gasteiger partial charge in [-0.15, -0.1) is 0 Å². The SMILES string of the molecule is C=CN=C(C1=CCC(N2CCCCC2)CC1)/C(C)=C\CC. The van der Waals surface area contributed by atoms with Crippen LogP contribution in [-0.4, -0.2) is 29.7 Å². The van der Waals surface area contributed by atoms with Crippen LogP contribution in [0.4, 0.5) is 0 Å². The van der Waals surface area contributed by atoms with Crippen LogP contribution in [0.15, 0.2) is 41.1 Å². The minimum absolute atomic E-state index is 0.759. The fourth-order valence-corrected chi connectivity index (χ4v) is 3.58. The summed E-state index contributed by atoms with van der Waals surface area (Å²) in [7, 11) is 0. The average Bonchev–Trinajstić information content (AvgIpc) is 2.54. The van der Waals surface area contributed by atoms with E-state index in [1.165, 1.54) is 56.3 Å². The van der Waals surface area contributed by atoms with Gasteiger partial charge in [0.2, 0.25) is 0 Å². The lowest BCUT2D eigenvalue weighted by Gasteiger charge is -2.36. The van der Waals surface area contributed by atoms with Gasteiger partial charge in [-0.2, -0.15) is 0 Å². The van der Waals surface area contributed by atoms with E-state index in [4.69, 9.17) is 0 Å². The third-order valence-corrected chi connectivity index (χ3v) is 4.70. The first-order valence-corrected chi connectivity index (χ1v) is 8.55. The van der Waals surface area contributed by atoms with Crippen LogP contribution in [-0.2, 0) is 0 Å². The number of rotatable bonds is 5. The maximum atomic E-state index is 4.53. The Kier molecular flexibility index (Phi) is 6.44. The summed E-state index contributed by atoms with van der Waals surface area (Å²) in [5.41, 5.74) is 3.87. The zero-order chi connectivity index (χ0) is 15.1. The number of nitrogens with zero attached hydrogens (tertiary/aromatic N) is 2. The summed E-state index contributed by atoms with van der Waals surface area (Å²) in [4.78, 5) is 7.24. The lowest BCUT2D eigenvalue weighted by Crippen LogP contribution is -2.40. The largest absolute Gasteiger partial charge is 0.300 e. The molecule has 2 aliphatic rings. The summed E-state index contributed by atoms with van der Waals surface area (Å²) in [6.45, 7) is 10.7. The van der Waals surface area contributed by atoms with E-state index in [1.807, 2.05) is 0 Å². The summed E-state index contributed by atoms with van der Waals surface area (Å²) in [5.74, 6) is 0. The first kappa shape index (κ1) is 16.2. The Bertz CT molecular complexity index is 436. The quantitative estimate of drug-likeness (QED) is 0.657. The number of piperidine rings is 1. The van der Waals surface area contributed by atoms with Crippen LogP contribution in [0, 0.1) is 0 Å². The third kappa shape index (κ3) is 4.41. The molecule has 0 radical (unpaired) electrons. The van der Waals surface area contributed by atoms with Crippen molar-refractivity contribution >= 4 is 5.71 Å². The molecule has 1 atom stereocenters. The second-order valence-corrected chi connectivity index (χ2v) is 6.21. The van der Waals surface area contributed by atoms with Crippen LogP contribution < -0.4 is 0 Å². The number of hydrogen-bond donors (Lipinski definition) is 0. The van der Waals surface area contributed by atoms with E-state index in [0.717, 1.165) is 24.6 Å². The van der Waals surface area contributed by atoms with Crippen molar-refractivity contribution in [1.82, 2.24) is 4.90 Å². The smallest absolute Gasteiger partial charge is 0.0684 e. The van der Waals surface area contributed by atoms with Gasteiger partial charge < -0.3 is 4.90 Å². The second kappa shape index (κ2) is 8.33. The number of likely N-dealkylation sites (tertiary alicyclic amines) is 1. The van der Waals surface area contributed by atoms with Crippen molar-refractivity contribution in [2.75, 3.05) is 13.1 Å². The van der Waals surface area contributed by atoms with Gasteiger partial charge >= 0.3 is 0 Å². The van der Waals surface area contributed by atoms with Crippen molar-refractivity contribution in [2.45, 2.75) is 64.8 Å². The highest BCUT2D eigenvalue weighted by Gasteiger charge is 2.24. The summed E-state index contributed by atoms with van der Waals surface area (Å²) in [6.07, 6.45) is 15.2. The molecular formula is C19H30N2. The lowest BCUT2D eigenvalue weighted by molar-refractivity contribution is 0.153. The maximum Gasteiger partial charge on any atom is 0.0684 e. The van der Waals surface area contributed by atoms with Gasteiger partial charge in [-0.1, -0.05) is 32.1 Å². The van der Waals surface area contributed by atoms with Gasteiger partial charge in [-0.25, -0.2) is 0 Å². The van der Waals surface area contributed by atoms with E-state index in [1.54, 1.807) is 6.20 Å². The Morgan fingerprint density at radius 3 is 2.71 bits per heavy atom. The van der Waals surface area contributed by atoms with Gasteiger partial charge in [-0.3, -0.25) is 4.99 Å². The van der Waals surface area contributed by atoms with Gasteiger partial charge in [0.1, 0.15) is 0 Å². The van der Waals surface area contributed by atoms with Crippen LogP contribution in [0.1, 0.15) is 58.8 Å². The number of aliphatic imine (C=N–C) groups is 1. The molecule has 2 rings (SSSR count). The lowest BCUT2D eigenvalue weighted by atomic mass is 9.88. The van der Waals surface area contributed by atoms with Gasteiger partial charge in [0.15, 0.2) is 0 Å². The fraction of sp³-hybridized carbons (Fsp3) is 0.632. The van der Waals surface area contributed by atoms with E-state index in [0.29, 0.717) is 0 Å². The first-order valence-electron chi connectivity index (χ1n) is 8.55. The van der Waals surface area contributed by atoms with Crippen molar-refractivity contribution < 1.29 is 0 Å². The predicted octanol–water partition coefficient (Wildman–Crippen LogP) is 4.89. The Hall–Kier alpha value is -1.15. The van der Waals surface area contributed by atoms with Gasteiger partial charge in [0, 0.05) is 12.2 Å². The Morgan fingerprint density at radius 2 is 2.14 bits per heavy atom. The van der Waals surface area contributed by atoms with Gasteiger partial charge in [-0.05, 0) is 69.7 Å². The minimum atomic E-state index is 0.759. The van der Waals surface area contributed by atoms with Crippen LogP contribution in [0.25, 0.3) is 0 Å². The normalized spacial score (nSPS) is 25.6. The fourth-order valence-electron chi connectivity index (χ4n) is 3.58. The van der Waals surface area contributed by atoms with E-state index in [2.05, 4.69) is 42.5 Å². The number of hydrogen-bond acceptors (Lipinski definition) is 2. The molecule has 1 aliphatic heterocycles. The van der Waals surface area contributed by atoms with E-state index < -0.39 is 0 Å². The van der Waals surface area contributed by atoms with Crippen molar-refractivity contribution in [3.05, 3.63) is 36.1 Å². The van der Waals surface area contributed by atoms with Gasteiger partial charge in [0.05, 0.1) is 5.71 Å². The molecule has 116 valence electrons. The average molecular weight is 286 g/mol. The molecule has 2 heteroatoms. The highest BCUT2D eigenvalue weighted by molar-refractivity contribution is 6.12. The molecular weight excluding hydrogens is 256 g/mol. The van der Waals surface area contributed by atoms with E-state index in [-0.39, 0.29) is 0 Å². The van der Waals surface area contributed by atoms with Crippen LogP contribution >= 0.6 is 0 Å². The molecule has 1 fully saturated rings. The molecule has 1 heterocycles. The summed E-state index contributed by atoms with van der Waals surface area (Å²) >= 11 is 0. The zero-order valence-electron chi connectivity index (χ0n) is 13.8. The topological polar surface area (TPSA) is 15.6 Å². The van der Waals surface area contributed by atoms with E-state index >= 15 is 0 Å². The zero-order valence-corrected chi connectivity index (χ0v) is 13.8. The monoisotopic (exact) mass is 286 g/mol. The molecule has 0 aromatic rings. The van der Waals surface area contributed by atoms with Crippen molar-refractivity contribution in [1.29, 1.82) is 0 Å². The molecule has 1 saturated heterocycles. The molecule has 1 aliphatic carbocycles. The molecule has 0 saturated carbocycles. The van der Waals surface area contributed by atoms with Crippen molar-refractivity contribution in [2.24, 2.45) is 4.99 Å². The van der Waals surface area contributed by atoms with Crippen molar-refractivity contribution in [3.63, 3.8) is 0 Å². The third-order valence-electron chi connectivity index (χ3n) is 4.70. The highest BCUT2D eigenvalue weighted by atomic mass is 15.2. The summed E-state index contributed by atoms with van der Waals surface area (Å²) in [5, 5.41) is 0. The van der Waals surface area contributed by atoms with Crippen LogP contribution in [0.3, 0.4) is 0 Å². The van der Waals surface area contributed by atoms with Crippen LogP contribution in [0.5, 0.6) is 0 Å². The highest BCUT2D eigenvalue weighted by Crippen LogP contribution is 2.27. The molecule has 21 heavy (non-hydrogen) atoms. The molecule has 0 bridgehead atoms. The predicted molar refractivity (Wildman–Crippen MR) is 92.8 cm³/mol. The Labute approximate surface area is 130 Å². The standard InChI is InChI=1S/C19H30N2/c1-4-9-16(3)19(20-5-2)17-10-12-18(13-11-17)21-14-7-6-8-15-21/h5,9-10,18H,2,4,6-8,11-15H2,1,3H3/b16-9-,20-19?. The van der Waals surface area contributed by atoms with Gasteiger partial charge in [0.25, 0.3) is 0 Å². The maximum absolute atomic E-state index is 4.53. The minimum Gasteiger partial charge on any atom is -0.300 e. The second-order valence-electron chi connectivity index (χ2n) is 6.21. The molecule has 0 spiro atoms. The molecule has 0 N–H and O–H groups in total. The molecule has 0 aromatic carbocycles. The van der Waals surface area contributed by atoms with Crippen LogP contribution in [0.2, 0.25) is 0 Å². The molecule has 0 aromatic heterocycles. The number of allylic oxidation sites excluding steroid dienone is 3. The van der Waals surface area contributed by atoms with E-state index in [9.17, 15) is 0 Å². The Balaban J connectivity index is 2.04. The summed E-state index contributed by atoms with van der Waals surface area (Å²) in [6, 6.07) is 0.759. The summed E-state index contributed by atoms with van der Waals surface area (Å²) < 4.78 is 0. The molecule has 2 nitrogen and oxygen atoms in total. The van der Waals surface area contributed by atoms with Crippen molar-refractivity contribution in [3.8, 4) is 0 Å². The molecule has 0 amide bonds. The first-order chi connectivity index (χ1) is 10.3.